The number of carbonyl (C=O) groups is 2. The van der Waals surface area contributed by atoms with Crippen LogP contribution in [0.25, 0.3) is 0 Å². The van der Waals surface area contributed by atoms with Crippen LogP contribution in [0.1, 0.15) is 23.5 Å². The van der Waals surface area contributed by atoms with Gasteiger partial charge in [-0.1, -0.05) is 45.2 Å². The first-order chi connectivity index (χ1) is 13.8. The number of rotatable bonds is 1. The Morgan fingerprint density at radius 1 is 1.17 bits per heavy atom. The van der Waals surface area contributed by atoms with Crippen molar-refractivity contribution in [3.63, 3.8) is 0 Å². The Balaban J connectivity index is 1.80. The van der Waals surface area contributed by atoms with Gasteiger partial charge in [-0.15, -0.1) is 0 Å². The predicted molar refractivity (Wildman–Crippen MR) is 112 cm³/mol. The standard InChI is InChI=1S/C20H15BrCl2FN3O2/c21-8-5-10(17(24)12(23)6-8)16-15-13(3-4-25-18(15)28)27-20(16)11-2-1-9(22)7-14(11)26-19(20)29/h1-2,5-7,13,15-16,27H,3-4H2,(H,25,28)(H,26,29)/t13-,15+,16-,20+/m0/s1. The first-order valence-corrected chi connectivity index (χ1v) is 10.7. The zero-order valence-electron chi connectivity index (χ0n) is 14.9. The Kier molecular flexibility index (Phi) is 4.44. The molecule has 0 aliphatic carbocycles. The summed E-state index contributed by atoms with van der Waals surface area (Å²) in [5.74, 6) is -2.59. The van der Waals surface area contributed by atoms with Crippen molar-refractivity contribution in [3.05, 3.63) is 61.8 Å². The van der Waals surface area contributed by atoms with Crippen LogP contribution in [0.2, 0.25) is 10.0 Å². The van der Waals surface area contributed by atoms with Gasteiger partial charge in [-0.3, -0.25) is 14.9 Å². The minimum Gasteiger partial charge on any atom is -0.356 e. The van der Waals surface area contributed by atoms with Gasteiger partial charge in [0.05, 0.1) is 10.9 Å². The average Bonchev–Trinajstić information content (AvgIpc) is 3.14. The van der Waals surface area contributed by atoms with Crippen LogP contribution in [0.3, 0.4) is 0 Å². The molecule has 3 heterocycles. The van der Waals surface area contributed by atoms with Crippen molar-refractivity contribution in [1.29, 1.82) is 0 Å². The van der Waals surface area contributed by atoms with E-state index in [4.69, 9.17) is 23.2 Å². The molecule has 2 saturated heterocycles. The summed E-state index contributed by atoms with van der Waals surface area (Å²) in [4.78, 5) is 26.2. The third-order valence-electron chi connectivity index (χ3n) is 6.10. The number of nitrogens with one attached hydrogen (secondary N) is 3. The van der Waals surface area contributed by atoms with Crippen LogP contribution in [0.15, 0.2) is 34.8 Å². The number of hydrogen-bond acceptors (Lipinski definition) is 3. The van der Waals surface area contributed by atoms with Crippen LogP contribution >= 0.6 is 39.1 Å². The van der Waals surface area contributed by atoms with Gasteiger partial charge in [-0.25, -0.2) is 4.39 Å². The van der Waals surface area contributed by atoms with Crippen molar-refractivity contribution in [2.75, 3.05) is 11.9 Å². The SMILES string of the molecule is O=C1NCC[C@@H]2N[C@@]3(C(=O)Nc4cc(Cl)ccc43)[C@@H](c3cc(Br)cc(Cl)c3F)[C@H]12. The van der Waals surface area contributed by atoms with Crippen LogP contribution < -0.4 is 16.0 Å². The smallest absolute Gasteiger partial charge is 0.250 e. The van der Waals surface area contributed by atoms with E-state index in [1.54, 1.807) is 24.3 Å². The molecule has 2 aromatic carbocycles. The van der Waals surface area contributed by atoms with Gasteiger partial charge >= 0.3 is 0 Å². The third kappa shape index (κ3) is 2.68. The average molecular weight is 499 g/mol. The lowest BCUT2D eigenvalue weighted by Crippen LogP contribution is -2.49. The molecular weight excluding hydrogens is 484 g/mol. The summed E-state index contributed by atoms with van der Waals surface area (Å²) in [6.07, 6.45) is 0.633. The summed E-state index contributed by atoms with van der Waals surface area (Å²) in [6.45, 7) is 0.493. The molecule has 0 radical (unpaired) electrons. The zero-order valence-corrected chi connectivity index (χ0v) is 18.0. The molecule has 2 amide bonds. The first-order valence-electron chi connectivity index (χ1n) is 9.14. The van der Waals surface area contributed by atoms with Gasteiger partial charge in [0.2, 0.25) is 11.8 Å². The number of hydrogen-bond donors (Lipinski definition) is 3. The van der Waals surface area contributed by atoms with E-state index in [-0.39, 0.29) is 28.4 Å². The fourth-order valence-corrected chi connectivity index (χ4v) is 6.02. The highest BCUT2D eigenvalue weighted by Gasteiger charge is 2.64. The van der Waals surface area contributed by atoms with E-state index in [0.29, 0.717) is 33.7 Å². The normalized spacial score (nSPS) is 30.1. The van der Waals surface area contributed by atoms with Crippen LogP contribution in [0, 0.1) is 11.7 Å². The van der Waals surface area contributed by atoms with E-state index in [1.165, 1.54) is 6.07 Å². The van der Waals surface area contributed by atoms with Crippen molar-refractivity contribution in [1.82, 2.24) is 10.6 Å². The van der Waals surface area contributed by atoms with Crippen molar-refractivity contribution in [2.45, 2.75) is 23.9 Å². The highest BCUT2D eigenvalue weighted by molar-refractivity contribution is 9.10. The molecule has 2 fully saturated rings. The van der Waals surface area contributed by atoms with E-state index in [0.717, 1.165) is 0 Å². The molecule has 0 saturated carbocycles. The van der Waals surface area contributed by atoms with Crippen molar-refractivity contribution < 1.29 is 14.0 Å². The number of carbonyl (C=O) groups excluding carboxylic acids is 2. The molecule has 1 spiro atoms. The number of anilines is 1. The van der Waals surface area contributed by atoms with Crippen LogP contribution in [0.5, 0.6) is 0 Å². The minimum absolute atomic E-state index is 0.0704. The Bertz CT molecular complexity index is 1080. The van der Waals surface area contributed by atoms with Gasteiger partial charge in [0, 0.05) is 39.3 Å². The second-order valence-electron chi connectivity index (χ2n) is 7.58. The fraction of sp³-hybridized carbons (Fsp3) is 0.300. The molecule has 9 heteroatoms. The van der Waals surface area contributed by atoms with Crippen molar-refractivity contribution >= 4 is 56.6 Å². The minimum atomic E-state index is -1.30. The summed E-state index contributed by atoms with van der Waals surface area (Å²) in [7, 11) is 0. The molecule has 3 N–H and O–H groups in total. The van der Waals surface area contributed by atoms with Crippen LogP contribution in [-0.2, 0) is 15.1 Å². The maximum absolute atomic E-state index is 15.3. The maximum atomic E-state index is 15.3. The summed E-state index contributed by atoms with van der Waals surface area (Å²) < 4.78 is 15.8. The summed E-state index contributed by atoms with van der Waals surface area (Å²) >= 11 is 15.6. The topological polar surface area (TPSA) is 70.2 Å². The Labute approximate surface area is 184 Å². The molecule has 0 bridgehead atoms. The molecule has 5 rings (SSSR count). The largest absolute Gasteiger partial charge is 0.356 e. The Morgan fingerprint density at radius 2 is 1.97 bits per heavy atom. The van der Waals surface area contributed by atoms with Gasteiger partial charge in [0.1, 0.15) is 11.4 Å². The monoisotopic (exact) mass is 497 g/mol. The highest BCUT2D eigenvalue weighted by atomic mass is 79.9. The first kappa shape index (κ1) is 19.3. The van der Waals surface area contributed by atoms with Crippen LogP contribution in [-0.4, -0.2) is 24.4 Å². The molecule has 5 nitrogen and oxygen atoms in total. The number of amides is 2. The van der Waals surface area contributed by atoms with Crippen molar-refractivity contribution in [3.8, 4) is 0 Å². The van der Waals surface area contributed by atoms with Crippen molar-refractivity contribution in [2.24, 2.45) is 5.92 Å². The quantitative estimate of drug-likeness (QED) is 0.521. The Morgan fingerprint density at radius 3 is 2.76 bits per heavy atom. The summed E-state index contributed by atoms with van der Waals surface area (Å²) in [6, 6.07) is 7.87. The molecule has 3 aliphatic rings. The molecular formula is C20H15BrCl2FN3O2. The lowest BCUT2D eigenvalue weighted by Gasteiger charge is -2.32. The van der Waals surface area contributed by atoms with Gasteiger partial charge < -0.3 is 10.6 Å². The molecule has 0 aromatic heterocycles. The molecule has 4 atom stereocenters. The number of fused-ring (bicyclic) bond motifs is 3. The van der Waals surface area contributed by atoms with Crippen LogP contribution in [0.4, 0.5) is 10.1 Å². The maximum Gasteiger partial charge on any atom is 0.250 e. The van der Waals surface area contributed by atoms with E-state index in [9.17, 15) is 9.59 Å². The number of halogens is 4. The van der Waals surface area contributed by atoms with E-state index >= 15 is 4.39 Å². The van der Waals surface area contributed by atoms with Gasteiger partial charge in [0.15, 0.2) is 0 Å². The molecule has 2 aromatic rings. The van der Waals surface area contributed by atoms with Gasteiger partial charge in [0.25, 0.3) is 0 Å². The zero-order chi connectivity index (χ0) is 20.5. The molecule has 0 unspecified atom stereocenters. The van der Waals surface area contributed by atoms with E-state index in [1.807, 2.05) is 0 Å². The molecule has 3 aliphatic heterocycles. The summed E-state index contributed by atoms with van der Waals surface area (Å²) in [5, 5.41) is 9.52. The third-order valence-corrected chi connectivity index (χ3v) is 7.07. The lowest BCUT2D eigenvalue weighted by molar-refractivity contribution is -0.127. The fourth-order valence-electron chi connectivity index (χ4n) is 5.02. The second kappa shape index (κ2) is 6.67. The summed E-state index contributed by atoms with van der Waals surface area (Å²) in [5.41, 5.74) is 0.122. The lowest BCUT2D eigenvalue weighted by atomic mass is 9.70. The Hall–Kier alpha value is -1.67. The highest BCUT2D eigenvalue weighted by Crippen LogP contribution is 2.56. The molecule has 150 valence electrons. The van der Waals surface area contributed by atoms with Gasteiger partial charge in [-0.05, 0) is 36.2 Å². The number of piperidine rings is 1. The number of benzene rings is 2. The predicted octanol–water partition coefficient (Wildman–Crippen LogP) is 3.93. The molecule has 29 heavy (non-hydrogen) atoms. The second-order valence-corrected chi connectivity index (χ2v) is 9.34. The van der Waals surface area contributed by atoms with Gasteiger partial charge in [-0.2, -0.15) is 0 Å². The van der Waals surface area contributed by atoms with E-state index < -0.39 is 23.2 Å². The van der Waals surface area contributed by atoms with E-state index in [2.05, 4.69) is 31.9 Å².